The Morgan fingerprint density at radius 1 is 1.17 bits per heavy atom. The van der Waals surface area contributed by atoms with Gasteiger partial charge in [-0.15, -0.1) is 0 Å². The number of alkyl halides is 1. The first kappa shape index (κ1) is 27.2. The summed E-state index contributed by atoms with van der Waals surface area (Å²) in [7, 11) is 0. The van der Waals surface area contributed by atoms with E-state index in [1.807, 2.05) is 25.1 Å². The zero-order chi connectivity index (χ0) is 28.9. The van der Waals surface area contributed by atoms with Gasteiger partial charge in [0.25, 0.3) is 0 Å². The third kappa shape index (κ3) is 3.39. The van der Waals surface area contributed by atoms with Gasteiger partial charge in [-0.3, -0.25) is 14.4 Å². The highest BCUT2D eigenvalue weighted by Gasteiger charge is 2.79. The maximum atomic E-state index is 17.5. The molecular formula is C31H35F2NO7. The van der Waals surface area contributed by atoms with Crippen molar-refractivity contribution in [3.8, 4) is 11.5 Å². The largest absolute Gasteiger partial charge is 0.486 e. The molecule has 1 saturated heterocycles. The number of fused-ring (bicyclic) bond motifs is 8. The molecule has 4 aliphatic carbocycles. The summed E-state index contributed by atoms with van der Waals surface area (Å²) >= 11 is 0. The van der Waals surface area contributed by atoms with E-state index in [-0.39, 0.29) is 30.6 Å². The molecule has 0 bridgehead atoms. The molecule has 0 unspecified atom stereocenters. The molecule has 6 aliphatic rings. The molecule has 7 rings (SSSR count). The van der Waals surface area contributed by atoms with E-state index >= 15 is 8.78 Å². The highest BCUT2D eigenvalue weighted by atomic mass is 19.1. The van der Waals surface area contributed by atoms with Gasteiger partial charge in [0.1, 0.15) is 25.6 Å². The molecule has 8 atom stereocenters. The van der Waals surface area contributed by atoms with Crippen molar-refractivity contribution in [1.82, 2.24) is 5.06 Å². The van der Waals surface area contributed by atoms with Crippen molar-refractivity contribution in [2.75, 3.05) is 26.4 Å². The van der Waals surface area contributed by atoms with Gasteiger partial charge in [-0.25, -0.2) is 8.78 Å². The number of rotatable bonds is 4. The Labute approximate surface area is 236 Å². The van der Waals surface area contributed by atoms with Crippen molar-refractivity contribution in [2.45, 2.75) is 63.4 Å². The lowest BCUT2D eigenvalue weighted by Gasteiger charge is -2.62. The molecule has 3 fully saturated rings. The molecule has 8 nitrogen and oxygen atoms in total. The average molecular weight is 572 g/mol. The van der Waals surface area contributed by atoms with Crippen molar-refractivity contribution in [3.63, 3.8) is 0 Å². The van der Waals surface area contributed by atoms with Gasteiger partial charge in [-0.05, 0) is 55.0 Å². The smallest absolute Gasteiger partial charge is 0.192 e. The number of nitrogens with zero attached hydrogens (tertiary/aromatic N) is 1. The predicted molar refractivity (Wildman–Crippen MR) is 141 cm³/mol. The Balaban J connectivity index is 1.24. The summed E-state index contributed by atoms with van der Waals surface area (Å²) in [6, 6.07) is 5.60. The number of carbonyl (C=O) groups is 2. The predicted octanol–water partition coefficient (Wildman–Crippen LogP) is 3.40. The Kier molecular flexibility index (Phi) is 5.92. The lowest BCUT2D eigenvalue weighted by Crippen LogP contribution is -2.69. The van der Waals surface area contributed by atoms with Gasteiger partial charge in [0.2, 0.25) is 0 Å². The molecule has 0 amide bonds. The highest BCUT2D eigenvalue weighted by Crippen LogP contribution is 2.72. The van der Waals surface area contributed by atoms with Gasteiger partial charge in [-0.1, -0.05) is 19.1 Å². The van der Waals surface area contributed by atoms with Gasteiger partial charge in [0.15, 0.2) is 34.3 Å². The summed E-state index contributed by atoms with van der Waals surface area (Å²) in [5, 5.41) is 23.5. The lowest BCUT2D eigenvalue weighted by molar-refractivity contribution is -0.267. The van der Waals surface area contributed by atoms with E-state index < -0.39 is 64.2 Å². The molecule has 1 aromatic carbocycles. The quantitative estimate of drug-likeness (QED) is 0.567. The fourth-order valence-corrected chi connectivity index (χ4v) is 9.40. The first-order valence-corrected chi connectivity index (χ1v) is 14.4. The Morgan fingerprint density at radius 2 is 1.93 bits per heavy atom. The molecule has 0 spiro atoms. The van der Waals surface area contributed by atoms with E-state index in [0.717, 1.165) is 5.56 Å². The number of hydroxylamine groups is 2. The molecule has 10 heteroatoms. The van der Waals surface area contributed by atoms with Crippen molar-refractivity contribution >= 4 is 11.6 Å². The Bertz CT molecular complexity index is 1400. The van der Waals surface area contributed by atoms with E-state index in [9.17, 15) is 19.8 Å². The van der Waals surface area contributed by atoms with Gasteiger partial charge in [-0.2, -0.15) is 5.06 Å². The number of hydrogen-bond acceptors (Lipinski definition) is 8. The molecule has 0 radical (unpaired) electrons. The first-order chi connectivity index (χ1) is 19.5. The topological polar surface area (TPSA) is 106 Å². The standard InChI is InChI=1S/C31H35F2NO7/c1-28-6-5-19(36)11-22(28)23(32)12-21-20-10-18-15-34(14-17-3-4-24-25(9-17)40-8-7-39-24)41-31(18,27(38)16-35)29(20,2)13-26(37)30(21,28)33/h3-6,9,18,20-21,26,35,37H,7-8,10-16H2,1-2H3/t18-,20-,21-,26-,28-,29-,30-,31-/m0/s1. The van der Waals surface area contributed by atoms with Crippen LogP contribution < -0.4 is 9.47 Å². The minimum Gasteiger partial charge on any atom is -0.486 e. The van der Waals surface area contributed by atoms with Crippen LogP contribution in [0.25, 0.3) is 0 Å². The van der Waals surface area contributed by atoms with Crippen LogP contribution in [0.15, 0.2) is 41.8 Å². The minimum atomic E-state index is -2.23. The zero-order valence-corrected chi connectivity index (χ0v) is 23.2. The number of aliphatic hydroxyl groups excluding tert-OH is 2. The van der Waals surface area contributed by atoms with Crippen LogP contribution in [-0.4, -0.2) is 70.6 Å². The van der Waals surface area contributed by atoms with Crippen LogP contribution in [0, 0.1) is 28.6 Å². The molecule has 1 aromatic rings. The van der Waals surface area contributed by atoms with Crippen LogP contribution >= 0.6 is 0 Å². The van der Waals surface area contributed by atoms with E-state index in [2.05, 4.69) is 0 Å². The number of halogens is 2. The number of allylic oxidation sites excluding steroid dienone is 4. The number of hydrogen-bond donors (Lipinski definition) is 2. The third-order valence-corrected chi connectivity index (χ3v) is 11.2. The van der Waals surface area contributed by atoms with Crippen molar-refractivity contribution < 1.29 is 42.9 Å². The summed E-state index contributed by atoms with van der Waals surface area (Å²) in [5.41, 5.74) is -5.29. The summed E-state index contributed by atoms with van der Waals surface area (Å²) in [5.74, 6) is -1.86. The maximum absolute atomic E-state index is 17.5. The molecular weight excluding hydrogens is 536 g/mol. The van der Waals surface area contributed by atoms with Crippen LogP contribution in [0.3, 0.4) is 0 Å². The average Bonchev–Trinajstić information content (AvgIpc) is 3.43. The van der Waals surface area contributed by atoms with Crippen LogP contribution in [0.5, 0.6) is 11.5 Å². The Hall–Kier alpha value is -2.66. The second-order valence-electron chi connectivity index (χ2n) is 13.0. The maximum Gasteiger partial charge on any atom is 0.192 e. The van der Waals surface area contributed by atoms with Crippen LogP contribution in [0.2, 0.25) is 0 Å². The normalized spacial score (nSPS) is 42.9. The number of benzene rings is 1. The second-order valence-corrected chi connectivity index (χ2v) is 13.0. The number of Topliss-reactive ketones (excluding diaryl/α,β-unsaturated/α-hetero) is 1. The van der Waals surface area contributed by atoms with Crippen LogP contribution in [0.1, 0.15) is 45.1 Å². The Morgan fingerprint density at radius 3 is 2.68 bits per heavy atom. The van der Waals surface area contributed by atoms with E-state index in [1.54, 1.807) is 12.0 Å². The summed E-state index contributed by atoms with van der Waals surface area (Å²) in [6.45, 7) is 4.25. The fraction of sp³-hybridized carbons (Fsp3) is 0.613. The third-order valence-electron chi connectivity index (χ3n) is 11.2. The van der Waals surface area contributed by atoms with Gasteiger partial charge < -0.3 is 19.7 Å². The zero-order valence-electron chi connectivity index (χ0n) is 23.2. The first-order valence-electron chi connectivity index (χ1n) is 14.4. The second kappa shape index (κ2) is 8.92. The van der Waals surface area contributed by atoms with Gasteiger partial charge >= 0.3 is 0 Å². The number of ketones is 2. The molecule has 2 aliphatic heterocycles. The number of carbonyl (C=O) groups excluding carboxylic acids is 2. The van der Waals surface area contributed by atoms with E-state index in [0.29, 0.717) is 44.2 Å². The summed E-state index contributed by atoms with van der Waals surface area (Å²) in [6.07, 6.45) is 0.983. The van der Waals surface area contributed by atoms with Crippen LogP contribution in [-0.2, 0) is 21.0 Å². The van der Waals surface area contributed by atoms with Crippen molar-refractivity contribution in [3.05, 3.63) is 47.3 Å². The molecule has 220 valence electrons. The van der Waals surface area contributed by atoms with Crippen molar-refractivity contribution in [1.29, 1.82) is 0 Å². The highest BCUT2D eigenvalue weighted by molar-refractivity contribution is 5.94. The van der Waals surface area contributed by atoms with Crippen molar-refractivity contribution in [2.24, 2.45) is 28.6 Å². The number of ether oxygens (including phenoxy) is 2. The van der Waals surface area contributed by atoms with Gasteiger partial charge in [0.05, 0.1) is 6.10 Å². The SMILES string of the molecule is C[C@]12C=CC(=O)CC1=C(F)C[C@H]1[C@@H]3C[C@H]4CN(Cc5ccc6c(c5)OCCO6)O[C@@]4(C(=O)CO)[C@@]3(C)C[C@H](O)[C@@]12F. The molecule has 0 aromatic heterocycles. The lowest BCUT2D eigenvalue weighted by atomic mass is 9.45. The fourth-order valence-electron chi connectivity index (χ4n) is 9.40. The molecule has 2 N–H and O–H groups in total. The van der Waals surface area contributed by atoms with E-state index in [4.69, 9.17) is 14.3 Å². The molecule has 2 saturated carbocycles. The molecule has 41 heavy (non-hydrogen) atoms. The summed E-state index contributed by atoms with van der Waals surface area (Å²) < 4.78 is 44.5. The summed E-state index contributed by atoms with van der Waals surface area (Å²) in [4.78, 5) is 32.3. The molecule has 2 heterocycles. The van der Waals surface area contributed by atoms with Crippen LogP contribution in [0.4, 0.5) is 8.78 Å². The van der Waals surface area contributed by atoms with Gasteiger partial charge in [0, 0.05) is 48.6 Å². The number of aliphatic hydroxyl groups is 2. The monoisotopic (exact) mass is 571 g/mol. The minimum absolute atomic E-state index is 0.100. The van der Waals surface area contributed by atoms with E-state index in [1.165, 1.54) is 12.2 Å².